The van der Waals surface area contributed by atoms with E-state index in [0.717, 1.165) is 29.5 Å². The molecule has 0 aliphatic heterocycles. The van der Waals surface area contributed by atoms with Crippen molar-refractivity contribution in [2.24, 2.45) is 0 Å². The van der Waals surface area contributed by atoms with Gasteiger partial charge in [-0.1, -0.05) is 42.1 Å². The van der Waals surface area contributed by atoms with Crippen molar-refractivity contribution in [3.8, 4) is 0 Å². The number of anilines is 1. The van der Waals surface area contributed by atoms with E-state index in [0.29, 0.717) is 23.5 Å². The van der Waals surface area contributed by atoms with Gasteiger partial charge in [-0.25, -0.2) is 13.8 Å². The molecular formula is C21H20F2N4O3S. The molecular weight excluding hydrogens is 426 g/mol. The fourth-order valence-electron chi connectivity index (χ4n) is 2.71. The van der Waals surface area contributed by atoms with Crippen LogP contribution in [-0.4, -0.2) is 32.2 Å². The number of carbonyl (C=O) groups excluding carboxylic acids is 2. The Labute approximate surface area is 181 Å². The smallest absolute Gasteiger partial charge is 0.240 e. The molecule has 0 aliphatic carbocycles. The summed E-state index contributed by atoms with van der Waals surface area (Å²) in [4.78, 5) is 28.6. The second-order valence-electron chi connectivity index (χ2n) is 6.50. The number of hydrogen-bond donors (Lipinski definition) is 3. The van der Waals surface area contributed by atoms with E-state index in [1.807, 2.05) is 30.3 Å². The zero-order chi connectivity index (χ0) is 22.2. The summed E-state index contributed by atoms with van der Waals surface area (Å²) in [5.41, 5.74) is 1.23. The van der Waals surface area contributed by atoms with Crippen molar-refractivity contribution in [1.82, 2.24) is 14.9 Å². The molecule has 7 nitrogen and oxygen atoms in total. The van der Waals surface area contributed by atoms with Crippen molar-refractivity contribution in [3.05, 3.63) is 77.6 Å². The van der Waals surface area contributed by atoms with Crippen molar-refractivity contribution >= 4 is 29.3 Å². The maximum Gasteiger partial charge on any atom is 0.240 e. The first-order valence-electron chi connectivity index (χ1n) is 9.30. The fourth-order valence-corrected chi connectivity index (χ4v) is 3.50. The first-order valence-corrected chi connectivity index (χ1v) is 10.3. The lowest BCUT2D eigenvalue weighted by Gasteiger charge is -2.11. The van der Waals surface area contributed by atoms with Gasteiger partial charge in [-0.3, -0.25) is 9.59 Å². The molecule has 31 heavy (non-hydrogen) atoms. The zero-order valence-corrected chi connectivity index (χ0v) is 17.2. The lowest BCUT2D eigenvalue weighted by Crippen LogP contribution is -2.28. The quantitative estimate of drug-likeness (QED) is 0.439. The Bertz CT molecular complexity index is 1060. The summed E-state index contributed by atoms with van der Waals surface area (Å²) in [6, 6.07) is 12.3. The lowest BCUT2D eigenvalue weighted by atomic mass is 10.2. The molecule has 0 aliphatic rings. The van der Waals surface area contributed by atoms with E-state index in [1.54, 1.807) is 0 Å². The van der Waals surface area contributed by atoms with Crippen LogP contribution in [-0.2, 0) is 29.3 Å². The van der Waals surface area contributed by atoms with Crippen LogP contribution in [0.15, 0.2) is 59.9 Å². The normalized spacial score (nSPS) is 10.7. The second-order valence-corrected chi connectivity index (χ2v) is 7.44. The first-order chi connectivity index (χ1) is 15.0. The Morgan fingerprint density at radius 1 is 1.10 bits per heavy atom. The number of carbonyl (C=O) groups is 2. The Kier molecular flexibility index (Phi) is 7.74. The molecule has 1 heterocycles. The standard InChI is InChI=1S/C21H20F2N4O3S/c22-15-6-7-18(17(23)8-15)26-20(30)13-31-21-25-10-16(12-28)27(21)11-19(29)24-9-14-4-2-1-3-5-14/h1-8,10,28H,9,11-13H2,(H,24,29)(H,26,30). The van der Waals surface area contributed by atoms with Crippen LogP contribution in [0.1, 0.15) is 11.3 Å². The Morgan fingerprint density at radius 3 is 2.58 bits per heavy atom. The molecule has 162 valence electrons. The highest BCUT2D eigenvalue weighted by Crippen LogP contribution is 2.20. The molecule has 0 bridgehead atoms. The van der Waals surface area contributed by atoms with Crippen LogP contribution in [0.3, 0.4) is 0 Å². The van der Waals surface area contributed by atoms with Crippen molar-refractivity contribution in [2.45, 2.75) is 24.9 Å². The van der Waals surface area contributed by atoms with Crippen molar-refractivity contribution in [1.29, 1.82) is 0 Å². The number of benzene rings is 2. The summed E-state index contributed by atoms with van der Waals surface area (Å²) >= 11 is 1.03. The topological polar surface area (TPSA) is 96.2 Å². The van der Waals surface area contributed by atoms with Crippen LogP contribution < -0.4 is 10.6 Å². The van der Waals surface area contributed by atoms with E-state index in [-0.39, 0.29) is 30.5 Å². The summed E-state index contributed by atoms with van der Waals surface area (Å²) in [5, 5.41) is 15.0. The molecule has 0 spiro atoms. The third-order valence-corrected chi connectivity index (χ3v) is 5.23. The predicted octanol–water partition coefficient (Wildman–Crippen LogP) is 2.70. The summed E-state index contributed by atoms with van der Waals surface area (Å²) in [6.45, 7) is -0.0529. The Hall–Kier alpha value is -3.24. The van der Waals surface area contributed by atoms with E-state index in [4.69, 9.17) is 0 Å². The molecule has 1 aromatic heterocycles. The van der Waals surface area contributed by atoms with Crippen LogP contribution in [0, 0.1) is 11.6 Å². The van der Waals surface area contributed by atoms with E-state index in [2.05, 4.69) is 15.6 Å². The summed E-state index contributed by atoms with van der Waals surface area (Å²) < 4.78 is 28.2. The van der Waals surface area contributed by atoms with Crippen molar-refractivity contribution in [3.63, 3.8) is 0 Å². The lowest BCUT2D eigenvalue weighted by molar-refractivity contribution is -0.122. The number of aliphatic hydroxyl groups is 1. The predicted molar refractivity (Wildman–Crippen MR) is 112 cm³/mol. The highest BCUT2D eigenvalue weighted by Gasteiger charge is 2.16. The second kappa shape index (κ2) is 10.7. The number of amides is 2. The van der Waals surface area contributed by atoms with Crippen LogP contribution in [0.5, 0.6) is 0 Å². The van der Waals surface area contributed by atoms with E-state index in [1.165, 1.54) is 10.8 Å². The maximum atomic E-state index is 13.7. The molecule has 0 atom stereocenters. The number of thioether (sulfide) groups is 1. The van der Waals surface area contributed by atoms with Gasteiger partial charge in [0.15, 0.2) is 5.16 Å². The van der Waals surface area contributed by atoms with Gasteiger partial charge in [0.1, 0.15) is 18.2 Å². The van der Waals surface area contributed by atoms with Crippen molar-refractivity contribution in [2.75, 3.05) is 11.1 Å². The minimum Gasteiger partial charge on any atom is -0.390 e. The Balaban J connectivity index is 1.58. The van der Waals surface area contributed by atoms with E-state index >= 15 is 0 Å². The SMILES string of the molecule is O=C(Cn1c(CO)cnc1SCC(=O)Nc1ccc(F)cc1F)NCc1ccccc1. The molecule has 0 saturated carbocycles. The van der Waals surface area contributed by atoms with Gasteiger partial charge in [0.05, 0.1) is 29.9 Å². The van der Waals surface area contributed by atoms with Gasteiger partial charge in [-0.2, -0.15) is 0 Å². The molecule has 0 saturated heterocycles. The van der Waals surface area contributed by atoms with Gasteiger partial charge in [0, 0.05) is 12.6 Å². The molecule has 3 rings (SSSR count). The average Bonchev–Trinajstić information content (AvgIpc) is 3.15. The third-order valence-electron chi connectivity index (χ3n) is 4.24. The van der Waals surface area contributed by atoms with Gasteiger partial charge < -0.3 is 20.3 Å². The zero-order valence-electron chi connectivity index (χ0n) is 16.3. The van der Waals surface area contributed by atoms with Crippen LogP contribution >= 0.6 is 11.8 Å². The molecule has 10 heteroatoms. The molecule has 2 amide bonds. The summed E-state index contributed by atoms with van der Waals surface area (Å²) in [6.07, 6.45) is 1.42. The summed E-state index contributed by atoms with van der Waals surface area (Å²) in [5.74, 6) is -2.54. The van der Waals surface area contributed by atoms with Gasteiger partial charge in [-0.05, 0) is 17.7 Å². The fraction of sp³-hybridized carbons (Fsp3) is 0.190. The number of aromatic nitrogens is 2. The highest BCUT2D eigenvalue weighted by atomic mass is 32.2. The van der Waals surface area contributed by atoms with E-state index < -0.39 is 17.5 Å². The number of halogens is 2. The minimum absolute atomic E-state index is 0.0841. The number of aliphatic hydroxyl groups excluding tert-OH is 1. The monoisotopic (exact) mass is 446 g/mol. The van der Waals surface area contributed by atoms with Gasteiger partial charge in [-0.15, -0.1) is 0 Å². The van der Waals surface area contributed by atoms with Gasteiger partial charge in [0.25, 0.3) is 0 Å². The van der Waals surface area contributed by atoms with Crippen LogP contribution in [0.4, 0.5) is 14.5 Å². The van der Waals surface area contributed by atoms with Gasteiger partial charge in [0.2, 0.25) is 11.8 Å². The van der Waals surface area contributed by atoms with Crippen LogP contribution in [0.2, 0.25) is 0 Å². The average molecular weight is 446 g/mol. The largest absolute Gasteiger partial charge is 0.390 e. The minimum atomic E-state index is -0.877. The number of nitrogens with one attached hydrogen (secondary N) is 2. The Morgan fingerprint density at radius 2 is 1.87 bits per heavy atom. The number of nitrogens with zero attached hydrogens (tertiary/aromatic N) is 2. The maximum absolute atomic E-state index is 13.7. The van der Waals surface area contributed by atoms with E-state index in [9.17, 15) is 23.5 Å². The molecule has 3 N–H and O–H groups in total. The molecule has 2 aromatic carbocycles. The molecule has 0 radical (unpaired) electrons. The van der Waals surface area contributed by atoms with Crippen LogP contribution in [0.25, 0.3) is 0 Å². The van der Waals surface area contributed by atoms with Gasteiger partial charge >= 0.3 is 0 Å². The summed E-state index contributed by atoms with van der Waals surface area (Å²) in [7, 11) is 0. The molecule has 3 aromatic rings. The third kappa shape index (κ3) is 6.37. The first kappa shape index (κ1) is 22.4. The molecule has 0 fully saturated rings. The number of hydrogen-bond acceptors (Lipinski definition) is 5. The van der Waals surface area contributed by atoms with Crippen molar-refractivity contribution < 1.29 is 23.5 Å². The number of imidazole rings is 1. The molecule has 0 unspecified atom stereocenters. The number of rotatable bonds is 9. The highest BCUT2D eigenvalue weighted by molar-refractivity contribution is 7.99.